The Morgan fingerprint density at radius 3 is 2.30 bits per heavy atom. The third kappa shape index (κ3) is 6.70. The maximum Gasteiger partial charge on any atom is 0.419 e. The fraction of sp³-hybridized carbons (Fsp3) is 0.593. The number of rotatable bonds is 11. The molecule has 3 N–H and O–H groups in total. The van der Waals surface area contributed by atoms with Gasteiger partial charge >= 0.3 is 12.1 Å². The molecule has 3 aliphatic rings. The van der Waals surface area contributed by atoms with E-state index >= 15 is 0 Å². The molecule has 3 aliphatic carbocycles. The number of allylic oxidation sites excluding steroid dienone is 1. The first-order chi connectivity index (χ1) is 17.5. The first-order valence-corrected chi connectivity index (χ1v) is 12.9. The molecule has 0 spiro atoms. The summed E-state index contributed by atoms with van der Waals surface area (Å²) < 4.78 is 53.1. The number of amides is 2. The Hall–Kier alpha value is -2.91. The van der Waals surface area contributed by atoms with Crippen LogP contribution in [0.3, 0.4) is 0 Å². The average Bonchev–Trinajstić information content (AvgIpc) is 3.49. The summed E-state index contributed by atoms with van der Waals surface area (Å²) in [7, 11) is 0. The van der Waals surface area contributed by atoms with E-state index in [9.17, 15) is 31.9 Å². The maximum absolute atomic E-state index is 13.7. The molecule has 0 aromatic heterocycles. The summed E-state index contributed by atoms with van der Waals surface area (Å²) in [5.41, 5.74) is -0.418. The van der Waals surface area contributed by atoms with Gasteiger partial charge in [0.15, 0.2) is 0 Å². The first kappa shape index (κ1) is 27.1. The molecule has 37 heavy (non-hydrogen) atoms. The SMILES string of the molecule is O=C(O)CCCCCCC(=O)N[C@H]1[C@@H](C(=O)Nc2ccc(F)c(C(F)(F)F)c2)[C@H]2CC[C@@H]1/C2=C\C1CC1. The van der Waals surface area contributed by atoms with Gasteiger partial charge in [-0.2, -0.15) is 13.2 Å². The number of benzene rings is 1. The largest absolute Gasteiger partial charge is 0.481 e. The van der Waals surface area contributed by atoms with Crippen LogP contribution in [0, 0.1) is 29.5 Å². The van der Waals surface area contributed by atoms with Crippen LogP contribution in [0.1, 0.15) is 69.8 Å². The molecule has 0 radical (unpaired) electrons. The molecule has 6 nitrogen and oxygen atoms in total. The fourth-order valence-electron chi connectivity index (χ4n) is 5.78. The number of hydrogen-bond donors (Lipinski definition) is 3. The lowest BCUT2D eigenvalue weighted by molar-refractivity contribution is -0.140. The summed E-state index contributed by atoms with van der Waals surface area (Å²) in [6.07, 6.45) is 4.07. The lowest BCUT2D eigenvalue weighted by Crippen LogP contribution is -2.48. The van der Waals surface area contributed by atoms with Gasteiger partial charge in [0.1, 0.15) is 5.82 Å². The van der Waals surface area contributed by atoms with Crippen LogP contribution < -0.4 is 10.6 Å². The molecule has 1 aromatic carbocycles. The Bertz CT molecular complexity index is 1070. The first-order valence-electron chi connectivity index (χ1n) is 12.9. The number of anilines is 1. The Balaban J connectivity index is 1.43. The number of hydrogen-bond acceptors (Lipinski definition) is 3. The van der Waals surface area contributed by atoms with Crippen LogP contribution in [0.15, 0.2) is 29.8 Å². The van der Waals surface area contributed by atoms with Gasteiger partial charge in [-0.1, -0.05) is 24.5 Å². The van der Waals surface area contributed by atoms with Gasteiger partial charge in [-0.15, -0.1) is 0 Å². The van der Waals surface area contributed by atoms with E-state index in [1.807, 2.05) is 0 Å². The molecule has 10 heteroatoms. The molecule has 3 fully saturated rings. The highest BCUT2D eigenvalue weighted by molar-refractivity contribution is 5.95. The second-order valence-electron chi connectivity index (χ2n) is 10.4. The van der Waals surface area contributed by atoms with Crippen LogP contribution >= 0.6 is 0 Å². The van der Waals surface area contributed by atoms with Crippen molar-refractivity contribution in [3.63, 3.8) is 0 Å². The van der Waals surface area contributed by atoms with Gasteiger partial charge in [0.2, 0.25) is 11.8 Å². The zero-order valence-corrected chi connectivity index (χ0v) is 20.5. The smallest absolute Gasteiger partial charge is 0.419 e. The van der Waals surface area contributed by atoms with Crippen molar-refractivity contribution in [1.82, 2.24) is 5.32 Å². The lowest BCUT2D eigenvalue weighted by Gasteiger charge is -2.30. The molecule has 2 bridgehead atoms. The van der Waals surface area contributed by atoms with Gasteiger partial charge in [-0.3, -0.25) is 14.4 Å². The number of unbranched alkanes of at least 4 members (excludes halogenated alkanes) is 3. The number of halogens is 4. The minimum Gasteiger partial charge on any atom is -0.481 e. The summed E-state index contributed by atoms with van der Waals surface area (Å²) in [5.74, 6) is -3.14. The van der Waals surface area contributed by atoms with Crippen LogP contribution in [0.2, 0.25) is 0 Å². The summed E-state index contributed by atoms with van der Waals surface area (Å²) >= 11 is 0. The number of carboxylic acid groups (broad SMARTS) is 1. The standard InChI is InChI=1S/C27H32F4N2O4/c28-21-12-9-16(14-20(21)27(29,30)31)32-26(37)24-17-10-11-18(19(17)13-15-7-8-15)25(24)33-22(34)5-3-1-2-4-6-23(35)36/h9,12-15,17-18,24-25H,1-8,10-11H2,(H,32,37)(H,33,34)(H,35,36)/b19-13-/t17-,18+,24-,25+/m0/s1. The highest BCUT2D eigenvalue weighted by atomic mass is 19.4. The van der Waals surface area contributed by atoms with Crippen molar-refractivity contribution in [2.24, 2.45) is 23.7 Å². The Kier molecular flexibility index (Phi) is 8.23. The lowest BCUT2D eigenvalue weighted by atomic mass is 9.83. The van der Waals surface area contributed by atoms with E-state index in [1.165, 1.54) is 0 Å². The molecule has 0 saturated heterocycles. The summed E-state index contributed by atoms with van der Waals surface area (Å²) in [6, 6.07) is 1.94. The third-order valence-corrected chi connectivity index (χ3v) is 7.66. The molecule has 202 valence electrons. The zero-order chi connectivity index (χ0) is 26.7. The summed E-state index contributed by atoms with van der Waals surface area (Å²) in [6.45, 7) is 0. The normalized spacial score (nSPS) is 25.9. The van der Waals surface area contributed by atoms with E-state index < -0.39 is 41.4 Å². The van der Waals surface area contributed by atoms with E-state index in [1.54, 1.807) is 0 Å². The molecule has 3 saturated carbocycles. The monoisotopic (exact) mass is 524 g/mol. The minimum atomic E-state index is -4.89. The number of fused-ring (bicyclic) bond motifs is 2. The molecular weight excluding hydrogens is 492 g/mol. The highest BCUT2D eigenvalue weighted by Gasteiger charge is 2.54. The van der Waals surface area contributed by atoms with Crippen LogP contribution in [-0.4, -0.2) is 28.9 Å². The summed E-state index contributed by atoms with van der Waals surface area (Å²) in [5, 5.41) is 14.3. The maximum atomic E-state index is 13.7. The quantitative estimate of drug-likeness (QED) is 0.197. The Morgan fingerprint density at radius 1 is 0.973 bits per heavy atom. The number of nitrogens with one attached hydrogen (secondary N) is 2. The topological polar surface area (TPSA) is 95.5 Å². The number of carbonyl (C=O) groups excluding carboxylic acids is 2. The van der Waals surface area contributed by atoms with Crippen LogP contribution in [0.5, 0.6) is 0 Å². The number of aliphatic carboxylic acids is 1. The fourth-order valence-corrected chi connectivity index (χ4v) is 5.78. The summed E-state index contributed by atoms with van der Waals surface area (Å²) in [4.78, 5) is 36.7. The van der Waals surface area contributed by atoms with E-state index in [0.717, 1.165) is 43.7 Å². The average molecular weight is 525 g/mol. The van der Waals surface area contributed by atoms with E-state index in [4.69, 9.17) is 5.11 Å². The third-order valence-electron chi connectivity index (χ3n) is 7.66. The van der Waals surface area contributed by atoms with Crippen molar-refractivity contribution < 1.29 is 37.1 Å². The predicted octanol–water partition coefficient (Wildman–Crippen LogP) is 5.69. The molecule has 0 heterocycles. The second-order valence-corrected chi connectivity index (χ2v) is 10.4. The van der Waals surface area contributed by atoms with Crippen molar-refractivity contribution in [3.05, 3.63) is 41.2 Å². The number of carbonyl (C=O) groups is 3. The molecule has 0 unspecified atom stereocenters. The number of carboxylic acids is 1. The Labute approximate surface area is 212 Å². The molecule has 4 rings (SSSR count). The number of alkyl halides is 3. The molecule has 2 amide bonds. The van der Waals surface area contributed by atoms with E-state index in [0.29, 0.717) is 37.3 Å². The molecule has 1 aromatic rings. The van der Waals surface area contributed by atoms with Gasteiger partial charge in [0, 0.05) is 30.5 Å². The van der Waals surface area contributed by atoms with Crippen molar-refractivity contribution in [1.29, 1.82) is 0 Å². The van der Waals surface area contributed by atoms with Crippen molar-refractivity contribution >= 4 is 23.5 Å². The molecular formula is C27H32F4N2O4. The van der Waals surface area contributed by atoms with Crippen molar-refractivity contribution in [2.75, 3.05) is 5.32 Å². The van der Waals surface area contributed by atoms with Crippen LogP contribution in [0.25, 0.3) is 0 Å². The van der Waals surface area contributed by atoms with Crippen molar-refractivity contribution in [3.8, 4) is 0 Å². The van der Waals surface area contributed by atoms with Gasteiger partial charge < -0.3 is 15.7 Å². The molecule has 0 aliphatic heterocycles. The van der Waals surface area contributed by atoms with Crippen molar-refractivity contribution in [2.45, 2.75) is 76.4 Å². The molecule has 4 atom stereocenters. The van der Waals surface area contributed by atoms with E-state index in [2.05, 4.69) is 16.7 Å². The van der Waals surface area contributed by atoms with Crippen LogP contribution in [-0.2, 0) is 20.6 Å². The zero-order valence-electron chi connectivity index (χ0n) is 20.5. The predicted molar refractivity (Wildman–Crippen MR) is 128 cm³/mol. The van der Waals surface area contributed by atoms with Crippen LogP contribution in [0.4, 0.5) is 23.2 Å². The second kappa shape index (κ2) is 11.2. The highest BCUT2D eigenvalue weighted by Crippen LogP contribution is 2.54. The van der Waals surface area contributed by atoms with Gasteiger partial charge in [0.05, 0.1) is 11.5 Å². The minimum absolute atomic E-state index is 0.0137. The van der Waals surface area contributed by atoms with Gasteiger partial charge in [-0.25, -0.2) is 4.39 Å². The van der Waals surface area contributed by atoms with Gasteiger partial charge in [0.25, 0.3) is 0 Å². The van der Waals surface area contributed by atoms with E-state index in [-0.39, 0.29) is 36.3 Å². The Morgan fingerprint density at radius 2 is 1.65 bits per heavy atom. The van der Waals surface area contributed by atoms with Gasteiger partial charge in [-0.05, 0) is 68.6 Å².